The molecule has 0 spiro atoms. The van der Waals surface area contributed by atoms with Gasteiger partial charge >= 0.3 is 12.1 Å². The number of aryl methyl sites for hydroxylation is 1. The fraction of sp³-hybridized carbons (Fsp3) is 0.316. The Morgan fingerprint density at radius 1 is 1.28 bits per heavy atom. The minimum Gasteiger partial charge on any atom is -0.475 e. The van der Waals surface area contributed by atoms with Crippen molar-refractivity contribution in [2.24, 2.45) is 0 Å². The predicted molar refractivity (Wildman–Crippen MR) is 102 cm³/mol. The van der Waals surface area contributed by atoms with E-state index < -0.39 is 12.1 Å². The van der Waals surface area contributed by atoms with Gasteiger partial charge in [0.15, 0.2) is 0 Å². The number of thiazole rings is 1. The molecule has 0 fully saturated rings. The molecule has 154 valence electrons. The number of hydrogen-bond donors (Lipinski definition) is 1. The maximum Gasteiger partial charge on any atom is 0.490 e. The van der Waals surface area contributed by atoms with Crippen LogP contribution in [0.25, 0.3) is 11.3 Å². The molecule has 29 heavy (non-hydrogen) atoms. The molecule has 1 aromatic carbocycles. The van der Waals surface area contributed by atoms with Crippen LogP contribution < -0.4 is 0 Å². The number of alkyl halides is 3. The average molecular weight is 424 g/mol. The molecule has 0 atom stereocenters. The standard InChI is InChI=1S/C17H18N4S.C2HF3O2/c1-13-3-2-4-14(9-13)15-10-19-16-11-20(6-7-21(15)16)12-17-18-5-8-22-17;3-2(4,5)1(6)7/h2-5,8-10H,6-7,11-12H2,1H3;(H,6,7). The van der Waals surface area contributed by atoms with Gasteiger partial charge in [0.2, 0.25) is 0 Å². The van der Waals surface area contributed by atoms with Crippen LogP contribution in [0.3, 0.4) is 0 Å². The highest BCUT2D eigenvalue weighted by molar-refractivity contribution is 7.09. The minimum absolute atomic E-state index is 0.894. The monoisotopic (exact) mass is 424 g/mol. The third-order valence-corrected chi connectivity index (χ3v) is 5.11. The van der Waals surface area contributed by atoms with Gasteiger partial charge < -0.3 is 9.67 Å². The normalized spacial score (nSPS) is 14.1. The molecule has 3 heterocycles. The quantitative estimate of drug-likeness (QED) is 0.689. The summed E-state index contributed by atoms with van der Waals surface area (Å²) in [5.41, 5.74) is 3.77. The van der Waals surface area contributed by atoms with Crippen molar-refractivity contribution in [3.63, 3.8) is 0 Å². The number of nitrogens with zero attached hydrogens (tertiary/aromatic N) is 4. The molecule has 6 nitrogen and oxygen atoms in total. The Balaban J connectivity index is 0.000000298. The largest absolute Gasteiger partial charge is 0.490 e. The number of carboxylic acids is 1. The summed E-state index contributed by atoms with van der Waals surface area (Å²) < 4.78 is 34.1. The second kappa shape index (κ2) is 8.75. The van der Waals surface area contributed by atoms with Gasteiger partial charge in [-0.3, -0.25) is 4.90 Å². The smallest absolute Gasteiger partial charge is 0.475 e. The number of hydrogen-bond acceptors (Lipinski definition) is 5. The maximum atomic E-state index is 10.6. The first-order valence-electron chi connectivity index (χ1n) is 8.76. The van der Waals surface area contributed by atoms with Gasteiger partial charge in [0.05, 0.1) is 25.0 Å². The number of carbonyl (C=O) groups is 1. The van der Waals surface area contributed by atoms with Crippen LogP contribution in [0, 0.1) is 6.92 Å². The lowest BCUT2D eigenvalue weighted by atomic mass is 10.1. The molecule has 3 aromatic rings. The third kappa shape index (κ3) is 5.42. The molecule has 0 aliphatic carbocycles. The lowest BCUT2D eigenvalue weighted by Crippen LogP contribution is -2.33. The zero-order valence-corrected chi connectivity index (χ0v) is 16.4. The Kier molecular flexibility index (Phi) is 6.33. The van der Waals surface area contributed by atoms with Crippen LogP contribution in [0.4, 0.5) is 13.2 Å². The van der Waals surface area contributed by atoms with Crippen molar-refractivity contribution in [1.29, 1.82) is 0 Å². The Bertz CT molecular complexity index is 970. The first-order chi connectivity index (χ1) is 13.7. The third-order valence-electron chi connectivity index (χ3n) is 4.34. The second-order valence-corrected chi connectivity index (χ2v) is 7.50. The van der Waals surface area contributed by atoms with E-state index in [-0.39, 0.29) is 0 Å². The number of halogens is 3. The Labute approximate surface area is 169 Å². The fourth-order valence-corrected chi connectivity index (χ4v) is 3.66. The first-order valence-corrected chi connectivity index (χ1v) is 9.64. The average Bonchev–Trinajstić information content (AvgIpc) is 3.31. The van der Waals surface area contributed by atoms with Crippen molar-refractivity contribution in [3.05, 3.63) is 58.4 Å². The van der Waals surface area contributed by atoms with E-state index in [1.54, 1.807) is 11.3 Å². The van der Waals surface area contributed by atoms with E-state index in [2.05, 4.69) is 50.6 Å². The molecule has 0 radical (unpaired) electrons. The van der Waals surface area contributed by atoms with Crippen LogP contribution in [-0.2, 0) is 24.4 Å². The summed E-state index contributed by atoms with van der Waals surface area (Å²) in [6.07, 6.45) is -1.20. The van der Waals surface area contributed by atoms with E-state index >= 15 is 0 Å². The fourth-order valence-electron chi connectivity index (χ4n) is 3.00. The molecule has 4 rings (SSSR count). The molecule has 0 unspecified atom stereocenters. The number of imidazole rings is 1. The molecule has 1 aliphatic heterocycles. The Morgan fingerprint density at radius 2 is 2.03 bits per heavy atom. The summed E-state index contributed by atoms with van der Waals surface area (Å²) in [7, 11) is 0. The van der Waals surface area contributed by atoms with Gasteiger partial charge in [-0.2, -0.15) is 13.2 Å². The van der Waals surface area contributed by atoms with Gasteiger partial charge in [0, 0.05) is 30.2 Å². The van der Waals surface area contributed by atoms with Gasteiger partial charge in [-0.05, 0) is 13.0 Å². The molecule has 1 aliphatic rings. The van der Waals surface area contributed by atoms with E-state index in [0.717, 1.165) is 32.0 Å². The predicted octanol–water partition coefficient (Wildman–Crippen LogP) is 3.96. The van der Waals surface area contributed by atoms with Crippen molar-refractivity contribution in [3.8, 4) is 11.3 Å². The molecule has 1 N–H and O–H groups in total. The number of fused-ring (bicyclic) bond motifs is 1. The number of benzene rings is 1. The zero-order chi connectivity index (χ0) is 21.0. The van der Waals surface area contributed by atoms with Crippen LogP contribution in [0.1, 0.15) is 16.4 Å². The Hall–Kier alpha value is -2.72. The molecule has 10 heteroatoms. The van der Waals surface area contributed by atoms with Crippen LogP contribution in [-0.4, -0.2) is 43.2 Å². The summed E-state index contributed by atoms with van der Waals surface area (Å²) in [4.78, 5) is 20.3. The summed E-state index contributed by atoms with van der Waals surface area (Å²) in [6, 6.07) is 8.64. The first kappa shape index (κ1) is 21.0. The maximum absolute atomic E-state index is 10.6. The van der Waals surface area contributed by atoms with Gasteiger partial charge in [-0.15, -0.1) is 11.3 Å². The SMILES string of the molecule is Cc1cccc(-c2cnc3n2CCN(Cc2nccs2)C3)c1.O=C(O)C(F)(F)F. The summed E-state index contributed by atoms with van der Waals surface area (Å²) in [5, 5.41) is 10.3. The zero-order valence-electron chi connectivity index (χ0n) is 15.6. The summed E-state index contributed by atoms with van der Waals surface area (Å²) >= 11 is 1.72. The van der Waals surface area contributed by atoms with Crippen molar-refractivity contribution in [2.75, 3.05) is 6.54 Å². The van der Waals surface area contributed by atoms with Gasteiger partial charge in [0.1, 0.15) is 10.8 Å². The highest BCUT2D eigenvalue weighted by atomic mass is 32.1. The lowest BCUT2D eigenvalue weighted by Gasteiger charge is -2.27. The van der Waals surface area contributed by atoms with E-state index in [1.165, 1.54) is 21.8 Å². The highest BCUT2D eigenvalue weighted by Gasteiger charge is 2.38. The molecular weight excluding hydrogens is 405 g/mol. The van der Waals surface area contributed by atoms with E-state index in [0.29, 0.717) is 0 Å². The lowest BCUT2D eigenvalue weighted by molar-refractivity contribution is -0.192. The van der Waals surface area contributed by atoms with Crippen LogP contribution in [0.5, 0.6) is 0 Å². The molecule has 0 amide bonds. The van der Waals surface area contributed by atoms with Crippen LogP contribution >= 0.6 is 11.3 Å². The van der Waals surface area contributed by atoms with Gasteiger partial charge in [-0.1, -0.05) is 23.8 Å². The molecule has 0 saturated heterocycles. The van der Waals surface area contributed by atoms with Crippen LogP contribution in [0.2, 0.25) is 0 Å². The minimum atomic E-state index is -5.08. The molecule has 0 saturated carbocycles. The van der Waals surface area contributed by atoms with Crippen molar-refractivity contribution in [1.82, 2.24) is 19.4 Å². The summed E-state index contributed by atoms with van der Waals surface area (Å²) in [6.45, 7) is 5.98. The van der Waals surface area contributed by atoms with Gasteiger partial charge in [-0.25, -0.2) is 14.8 Å². The molecule has 2 aromatic heterocycles. The highest BCUT2D eigenvalue weighted by Crippen LogP contribution is 2.25. The van der Waals surface area contributed by atoms with E-state index in [4.69, 9.17) is 9.90 Å². The summed E-state index contributed by atoms with van der Waals surface area (Å²) in [5.74, 6) is -1.60. The van der Waals surface area contributed by atoms with E-state index in [1.807, 2.05) is 17.8 Å². The van der Waals surface area contributed by atoms with E-state index in [9.17, 15) is 13.2 Å². The topological polar surface area (TPSA) is 71.2 Å². The van der Waals surface area contributed by atoms with Crippen molar-refractivity contribution in [2.45, 2.75) is 32.7 Å². The Morgan fingerprint density at radius 3 is 2.66 bits per heavy atom. The van der Waals surface area contributed by atoms with Crippen molar-refractivity contribution >= 4 is 17.3 Å². The number of aromatic nitrogens is 3. The van der Waals surface area contributed by atoms with Gasteiger partial charge in [0.25, 0.3) is 0 Å². The number of carboxylic acid groups (broad SMARTS) is 1. The molecular formula is C19H19F3N4O2S. The second-order valence-electron chi connectivity index (χ2n) is 6.52. The number of aliphatic carboxylic acids is 1. The van der Waals surface area contributed by atoms with Crippen LogP contribution in [0.15, 0.2) is 42.0 Å². The molecule has 0 bridgehead atoms. The number of rotatable bonds is 3. The van der Waals surface area contributed by atoms with Crippen molar-refractivity contribution < 1.29 is 23.1 Å².